The number of nitrogens with zero attached hydrogens (tertiary/aromatic N) is 2. The Hall–Kier alpha value is -8.40. The monoisotopic (exact) mass is 804 g/mol. The maximum absolute atomic E-state index is 6.15. The molecule has 0 N–H and O–H groups in total. The van der Waals surface area contributed by atoms with Crippen molar-refractivity contribution in [3.05, 3.63) is 243 Å². The van der Waals surface area contributed by atoms with E-state index < -0.39 is 0 Å². The lowest BCUT2D eigenvalue weighted by Gasteiger charge is -2.26. The molecule has 10 aromatic carbocycles. The van der Waals surface area contributed by atoms with Gasteiger partial charge >= 0.3 is 0 Å². The summed E-state index contributed by atoms with van der Waals surface area (Å²) >= 11 is 0. The fourth-order valence-corrected chi connectivity index (χ4v) is 9.30. The van der Waals surface area contributed by atoms with Crippen LogP contribution in [0.3, 0.4) is 0 Å². The summed E-state index contributed by atoms with van der Waals surface area (Å²) in [7, 11) is 0. The summed E-state index contributed by atoms with van der Waals surface area (Å²) in [5.74, 6) is 0. The highest BCUT2D eigenvalue weighted by atomic mass is 16.3. The van der Waals surface area contributed by atoms with Crippen molar-refractivity contribution in [2.24, 2.45) is 0 Å². The average molecular weight is 805 g/mol. The predicted molar refractivity (Wildman–Crippen MR) is 264 cm³/mol. The van der Waals surface area contributed by atoms with Gasteiger partial charge in [0, 0.05) is 44.3 Å². The number of benzene rings is 10. The Bertz CT molecular complexity index is 3470. The van der Waals surface area contributed by atoms with Crippen LogP contribution in [0.15, 0.2) is 247 Å². The molecule has 0 atom stereocenters. The van der Waals surface area contributed by atoms with Gasteiger partial charge in [-0.1, -0.05) is 146 Å². The Kier molecular flexibility index (Phi) is 8.83. The van der Waals surface area contributed by atoms with Gasteiger partial charge in [0.2, 0.25) is 0 Å². The standard InChI is InChI=1S/C60H40N2O/c1-3-13-41(14-4-1)46-37-47(42-15-5-2-6-16-42)39-48(38-46)44-25-30-50(31-26-44)61(49-28-23-43(24-29-49)45-27-36-60-56(40-45)55-19-9-12-22-59(55)63-60)51-32-34-52(35-33-51)62-57-20-10-7-17-53(57)54-18-8-11-21-58(54)62/h1-40H. The summed E-state index contributed by atoms with van der Waals surface area (Å²) in [6.45, 7) is 0. The highest BCUT2D eigenvalue weighted by Gasteiger charge is 2.17. The Labute approximate surface area is 366 Å². The van der Waals surface area contributed by atoms with Crippen LogP contribution in [0.2, 0.25) is 0 Å². The molecule has 12 rings (SSSR count). The van der Waals surface area contributed by atoms with Crippen LogP contribution < -0.4 is 4.90 Å². The molecule has 0 amide bonds. The Morgan fingerprint density at radius 3 is 1.21 bits per heavy atom. The third kappa shape index (κ3) is 6.55. The normalized spacial score (nSPS) is 11.5. The number of furan rings is 1. The summed E-state index contributed by atoms with van der Waals surface area (Å²) < 4.78 is 8.52. The van der Waals surface area contributed by atoms with E-state index in [-0.39, 0.29) is 0 Å². The Morgan fingerprint density at radius 1 is 0.270 bits per heavy atom. The van der Waals surface area contributed by atoms with E-state index in [1.165, 1.54) is 49.6 Å². The van der Waals surface area contributed by atoms with Gasteiger partial charge in [-0.25, -0.2) is 0 Å². The van der Waals surface area contributed by atoms with Crippen LogP contribution in [0.25, 0.3) is 93.9 Å². The molecule has 63 heavy (non-hydrogen) atoms. The summed E-state index contributed by atoms with van der Waals surface area (Å²) in [6.07, 6.45) is 0. The number of hydrogen-bond donors (Lipinski definition) is 0. The van der Waals surface area contributed by atoms with Crippen LogP contribution >= 0.6 is 0 Å². The minimum Gasteiger partial charge on any atom is -0.456 e. The van der Waals surface area contributed by atoms with Gasteiger partial charge in [-0.05, 0) is 142 Å². The molecule has 0 aliphatic heterocycles. The average Bonchev–Trinajstić information content (AvgIpc) is 3.91. The minimum absolute atomic E-state index is 0.902. The summed E-state index contributed by atoms with van der Waals surface area (Å²) in [4.78, 5) is 2.35. The van der Waals surface area contributed by atoms with Gasteiger partial charge < -0.3 is 13.9 Å². The van der Waals surface area contributed by atoms with Crippen molar-refractivity contribution in [2.75, 3.05) is 4.90 Å². The molecule has 3 heteroatoms. The van der Waals surface area contributed by atoms with E-state index in [0.29, 0.717) is 0 Å². The highest BCUT2D eigenvalue weighted by Crippen LogP contribution is 2.40. The number of anilines is 3. The van der Waals surface area contributed by atoms with E-state index in [1.54, 1.807) is 0 Å². The molecule has 296 valence electrons. The lowest BCUT2D eigenvalue weighted by atomic mass is 9.93. The molecule has 12 aromatic rings. The van der Waals surface area contributed by atoms with Gasteiger partial charge in [0.05, 0.1) is 11.0 Å². The van der Waals surface area contributed by atoms with Gasteiger partial charge in [-0.3, -0.25) is 0 Å². The lowest BCUT2D eigenvalue weighted by molar-refractivity contribution is 0.669. The molecule has 0 saturated heterocycles. The van der Waals surface area contributed by atoms with Crippen molar-refractivity contribution in [3.8, 4) is 50.2 Å². The van der Waals surface area contributed by atoms with E-state index >= 15 is 0 Å². The molecule has 2 aromatic heterocycles. The second kappa shape index (κ2) is 15.3. The second-order valence-corrected chi connectivity index (χ2v) is 16.2. The zero-order valence-corrected chi connectivity index (χ0v) is 34.4. The van der Waals surface area contributed by atoms with Crippen molar-refractivity contribution in [3.63, 3.8) is 0 Å². The van der Waals surface area contributed by atoms with Gasteiger partial charge in [0.15, 0.2) is 0 Å². The highest BCUT2D eigenvalue weighted by molar-refractivity contribution is 6.09. The van der Waals surface area contributed by atoms with E-state index in [2.05, 4.69) is 240 Å². The van der Waals surface area contributed by atoms with Crippen molar-refractivity contribution in [2.45, 2.75) is 0 Å². The first-order chi connectivity index (χ1) is 31.2. The molecule has 0 spiro atoms. The molecule has 0 aliphatic rings. The first-order valence-electron chi connectivity index (χ1n) is 21.5. The lowest BCUT2D eigenvalue weighted by Crippen LogP contribution is -2.10. The summed E-state index contributed by atoms with van der Waals surface area (Å²) in [6, 6.07) is 87.2. The Morgan fingerprint density at radius 2 is 0.667 bits per heavy atom. The first-order valence-corrected chi connectivity index (χ1v) is 21.5. The van der Waals surface area contributed by atoms with Crippen LogP contribution in [-0.4, -0.2) is 4.57 Å². The summed E-state index contributed by atoms with van der Waals surface area (Å²) in [5, 5.41) is 4.77. The SMILES string of the molecule is c1ccc(-c2cc(-c3ccccc3)cc(-c3ccc(N(c4ccc(-c5ccc6oc7ccccc7c6c5)cc4)c4ccc(-n5c6ccccc6c6ccccc65)cc4)cc3)c2)cc1. The number of hydrogen-bond acceptors (Lipinski definition) is 2. The maximum Gasteiger partial charge on any atom is 0.135 e. The third-order valence-electron chi connectivity index (χ3n) is 12.4. The van der Waals surface area contributed by atoms with Crippen LogP contribution in [-0.2, 0) is 0 Å². The molecule has 2 heterocycles. The topological polar surface area (TPSA) is 21.3 Å². The van der Waals surface area contributed by atoms with Gasteiger partial charge in [-0.2, -0.15) is 0 Å². The number of fused-ring (bicyclic) bond motifs is 6. The molecule has 0 unspecified atom stereocenters. The van der Waals surface area contributed by atoms with Crippen molar-refractivity contribution >= 4 is 60.8 Å². The molecular formula is C60H40N2O. The smallest absolute Gasteiger partial charge is 0.135 e. The maximum atomic E-state index is 6.15. The van der Waals surface area contributed by atoms with E-state index in [0.717, 1.165) is 61.4 Å². The molecule has 0 aliphatic carbocycles. The molecule has 0 saturated carbocycles. The molecule has 0 bridgehead atoms. The van der Waals surface area contributed by atoms with Crippen LogP contribution in [0, 0.1) is 0 Å². The van der Waals surface area contributed by atoms with Crippen molar-refractivity contribution in [1.29, 1.82) is 0 Å². The molecule has 3 nitrogen and oxygen atoms in total. The van der Waals surface area contributed by atoms with Crippen LogP contribution in [0.5, 0.6) is 0 Å². The van der Waals surface area contributed by atoms with Gasteiger partial charge in [0.25, 0.3) is 0 Å². The fraction of sp³-hybridized carbons (Fsp3) is 0. The van der Waals surface area contributed by atoms with Crippen molar-refractivity contribution in [1.82, 2.24) is 4.57 Å². The number of rotatable bonds is 8. The minimum atomic E-state index is 0.902. The number of para-hydroxylation sites is 3. The molecule has 0 fully saturated rings. The van der Waals surface area contributed by atoms with E-state index in [1.807, 2.05) is 12.1 Å². The van der Waals surface area contributed by atoms with E-state index in [4.69, 9.17) is 4.42 Å². The largest absolute Gasteiger partial charge is 0.456 e. The van der Waals surface area contributed by atoms with Crippen molar-refractivity contribution < 1.29 is 4.42 Å². The second-order valence-electron chi connectivity index (χ2n) is 16.2. The quantitative estimate of drug-likeness (QED) is 0.153. The fourth-order valence-electron chi connectivity index (χ4n) is 9.30. The summed E-state index contributed by atoms with van der Waals surface area (Å²) in [5.41, 5.74) is 18.0. The van der Waals surface area contributed by atoms with Gasteiger partial charge in [-0.15, -0.1) is 0 Å². The molecule has 0 radical (unpaired) electrons. The third-order valence-corrected chi connectivity index (χ3v) is 12.4. The van der Waals surface area contributed by atoms with Crippen LogP contribution in [0.1, 0.15) is 0 Å². The van der Waals surface area contributed by atoms with Crippen LogP contribution in [0.4, 0.5) is 17.1 Å². The first kappa shape index (κ1) is 36.5. The predicted octanol–water partition coefficient (Wildman–Crippen LogP) is 16.8. The van der Waals surface area contributed by atoms with Gasteiger partial charge in [0.1, 0.15) is 11.2 Å². The Balaban J connectivity index is 0.951. The molecular weight excluding hydrogens is 765 g/mol. The zero-order valence-electron chi connectivity index (χ0n) is 34.4. The number of aromatic nitrogens is 1. The van der Waals surface area contributed by atoms with E-state index in [9.17, 15) is 0 Å². The zero-order chi connectivity index (χ0) is 41.7.